The highest BCUT2D eigenvalue weighted by Crippen LogP contribution is 2.34. The maximum Gasteiger partial charge on any atom is 0.224 e. The van der Waals surface area contributed by atoms with E-state index < -0.39 is 0 Å². The minimum Gasteiger partial charge on any atom is -0.486 e. The van der Waals surface area contributed by atoms with Gasteiger partial charge in [0.1, 0.15) is 13.2 Å². The summed E-state index contributed by atoms with van der Waals surface area (Å²) in [5.74, 6) is 2.25. The maximum atomic E-state index is 12.7. The van der Waals surface area contributed by atoms with E-state index in [1.807, 2.05) is 55.5 Å². The molecular weight excluding hydrogens is 362 g/mol. The number of aliphatic hydroxyl groups excluding tert-OH is 1. The number of thioether (sulfide) groups is 1. The van der Waals surface area contributed by atoms with Gasteiger partial charge in [-0.1, -0.05) is 30.3 Å². The first-order chi connectivity index (χ1) is 13.2. The van der Waals surface area contributed by atoms with E-state index in [0.29, 0.717) is 31.9 Å². The third kappa shape index (κ3) is 5.40. The van der Waals surface area contributed by atoms with Gasteiger partial charge in [0, 0.05) is 23.6 Å². The highest BCUT2D eigenvalue weighted by molar-refractivity contribution is 7.99. The average Bonchev–Trinajstić information content (AvgIpc) is 2.72. The molecule has 0 saturated carbocycles. The predicted molar refractivity (Wildman–Crippen MR) is 106 cm³/mol. The van der Waals surface area contributed by atoms with Crippen molar-refractivity contribution in [2.45, 2.75) is 30.8 Å². The Balaban J connectivity index is 1.55. The van der Waals surface area contributed by atoms with E-state index in [4.69, 9.17) is 9.47 Å². The first kappa shape index (κ1) is 19.6. The Labute approximate surface area is 164 Å². The molecule has 0 saturated heterocycles. The van der Waals surface area contributed by atoms with Crippen LogP contribution in [0.4, 0.5) is 0 Å². The fraction of sp³-hybridized carbons (Fsp3) is 0.381. The summed E-state index contributed by atoms with van der Waals surface area (Å²) in [4.78, 5) is 15.5. The number of amides is 1. The van der Waals surface area contributed by atoms with Crippen molar-refractivity contribution in [3.8, 4) is 11.5 Å². The van der Waals surface area contributed by atoms with Gasteiger partial charge in [0.2, 0.25) is 5.91 Å². The predicted octanol–water partition coefficient (Wildman–Crippen LogP) is 3.35. The van der Waals surface area contributed by atoms with Gasteiger partial charge in [-0.3, -0.25) is 4.79 Å². The summed E-state index contributed by atoms with van der Waals surface area (Å²) in [5.41, 5.74) is 1.06. The van der Waals surface area contributed by atoms with Gasteiger partial charge in [0.05, 0.1) is 12.6 Å². The number of carbonyl (C=O) groups is 1. The van der Waals surface area contributed by atoms with E-state index in [1.54, 1.807) is 16.7 Å². The van der Waals surface area contributed by atoms with E-state index in [-0.39, 0.29) is 18.6 Å². The monoisotopic (exact) mass is 387 g/mol. The number of hydrogen-bond donors (Lipinski definition) is 1. The van der Waals surface area contributed by atoms with Crippen molar-refractivity contribution in [3.05, 3.63) is 54.1 Å². The van der Waals surface area contributed by atoms with Crippen LogP contribution in [0.25, 0.3) is 0 Å². The smallest absolute Gasteiger partial charge is 0.224 e. The van der Waals surface area contributed by atoms with Gasteiger partial charge in [-0.05, 0) is 30.7 Å². The molecule has 0 aliphatic carbocycles. The van der Waals surface area contributed by atoms with E-state index in [9.17, 15) is 9.90 Å². The van der Waals surface area contributed by atoms with Crippen LogP contribution in [-0.2, 0) is 11.3 Å². The molecule has 1 unspecified atom stereocenters. The molecule has 0 bridgehead atoms. The summed E-state index contributed by atoms with van der Waals surface area (Å²) in [6, 6.07) is 15.5. The van der Waals surface area contributed by atoms with Crippen LogP contribution in [-0.4, -0.2) is 47.5 Å². The van der Waals surface area contributed by atoms with Crippen molar-refractivity contribution >= 4 is 17.7 Å². The van der Waals surface area contributed by atoms with E-state index in [1.165, 1.54) is 0 Å². The molecule has 1 aliphatic rings. The molecule has 144 valence electrons. The van der Waals surface area contributed by atoms with Crippen LogP contribution < -0.4 is 9.47 Å². The second kappa shape index (κ2) is 9.67. The first-order valence-corrected chi connectivity index (χ1v) is 10.1. The number of carbonyl (C=O) groups excluding carboxylic acids is 1. The van der Waals surface area contributed by atoms with Crippen LogP contribution in [0.15, 0.2) is 53.4 Å². The number of benzene rings is 2. The Hall–Kier alpha value is -2.18. The van der Waals surface area contributed by atoms with Crippen LogP contribution in [0, 0.1) is 0 Å². The molecule has 27 heavy (non-hydrogen) atoms. The van der Waals surface area contributed by atoms with Gasteiger partial charge in [0.25, 0.3) is 0 Å². The molecule has 1 heterocycles. The van der Waals surface area contributed by atoms with Crippen molar-refractivity contribution in [2.24, 2.45) is 0 Å². The van der Waals surface area contributed by atoms with Crippen LogP contribution in [0.1, 0.15) is 18.9 Å². The van der Waals surface area contributed by atoms with Crippen molar-refractivity contribution < 1.29 is 19.4 Å². The zero-order valence-electron chi connectivity index (χ0n) is 15.5. The minimum absolute atomic E-state index is 0.0467. The minimum atomic E-state index is -0.211. The highest BCUT2D eigenvalue weighted by Gasteiger charge is 2.20. The molecule has 2 aromatic carbocycles. The molecular formula is C21H25NO4S. The van der Waals surface area contributed by atoms with Crippen LogP contribution in [0.2, 0.25) is 0 Å². The van der Waals surface area contributed by atoms with Crippen LogP contribution in [0.3, 0.4) is 0 Å². The Morgan fingerprint density at radius 3 is 2.63 bits per heavy atom. The molecule has 2 aromatic rings. The number of fused-ring (bicyclic) bond motifs is 1. The summed E-state index contributed by atoms with van der Waals surface area (Å²) in [7, 11) is 0. The lowest BCUT2D eigenvalue weighted by Gasteiger charge is -2.28. The van der Waals surface area contributed by atoms with E-state index in [0.717, 1.165) is 22.0 Å². The van der Waals surface area contributed by atoms with Crippen LogP contribution in [0.5, 0.6) is 11.5 Å². The fourth-order valence-corrected chi connectivity index (χ4v) is 3.75. The summed E-state index contributed by atoms with van der Waals surface area (Å²) < 4.78 is 11.1. The second-order valence-electron chi connectivity index (χ2n) is 6.44. The average molecular weight is 388 g/mol. The number of rotatable bonds is 8. The Kier molecular flexibility index (Phi) is 7.01. The van der Waals surface area contributed by atoms with Crippen LogP contribution >= 0.6 is 11.8 Å². The second-order valence-corrected chi connectivity index (χ2v) is 7.61. The first-order valence-electron chi connectivity index (χ1n) is 9.14. The Bertz CT molecular complexity index is 753. The zero-order chi connectivity index (χ0) is 19.1. The summed E-state index contributed by atoms with van der Waals surface area (Å²) in [5, 5.41) is 9.52. The van der Waals surface area contributed by atoms with Crippen molar-refractivity contribution in [1.29, 1.82) is 0 Å². The summed E-state index contributed by atoms with van der Waals surface area (Å²) in [6.07, 6.45) is 0.413. The number of nitrogens with zero attached hydrogens (tertiary/aromatic N) is 1. The van der Waals surface area contributed by atoms with Gasteiger partial charge < -0.3 is 19.5 Å². The van der Waals surface area contributed by atoms with Gasteiger partial charge >= 0.3 is 0 Å². The quantitative estimate of drug-likeness (QED) is 0.704. The number of aliphatic hydroxyl groups is 1. The third-order valence-electron chi connectivity index (χ3n) is 4.41. The molecule has 0 fully saturated rings. The standard InChI is InChI=1S/C21H25NO4S/c1-16(15-23)22(14-17-5-3-2-4-6-17)21(24)9-12-27-18-7-8-19-20(13-18)26-11-10-25-19/h2-8,13,16,23H,9-12,14-15H2,1H3. The van der Waals surface area contributed by atoms with Crippen molar-refractivity contribution in [1.82, 2.24) is 4.90 Å². The summed E-state index contributed by atoms with van der Waals surface area (Å²) >= 11 is 1.62. The molecule has 0 radical (unpaired) electrons. The van der Waals surface area contributed by atoms with Crippen molar-refractivity contribution in [3.63, 3.8) is 0 Å². The van der Waals surface area contributed by atoms with E-state index >= 15 is 0 Å². The lowest BCUT2D eigenvalue weighted by Crippen LogP contribution is -2.40. The lowest BCUT2D eigenvalue weighted by atomic mass is 10.1. The maximum absolute atomic E-state index is 12.7. The molecule has 5 nitrogen and oxygen atoms in total. The van der Waals surface area contributed by atoms with E-state index in [2.05, 4.69) is 0 Å². The molecule has 1 atom stereocenters. The molecule has 0 spiro atoms. The van der Waals surface area contributed by atoms with Gasteiger partial charge in [-0.15, -0.1) is 11.8 Å². The van der Waals surface area contributed by atoms with Crippen molar-refractivity contribution in [2.75, 3.05) is 25.6 Å². The fourth-order valence-electron chi connectivity index (χ4n) is 2.88. The summed E-state index contributed by atoms with van der Waals surface area (Å²) in [6.45, 7) is 3.47. The molecule has 6 heteroatoms. The molecule has 0 aromatic heterocycles. The topological polar surface area (TPSA) is 59.0 Å². The van der Waals surface area contributed by atoms with Gasteiger partial charge in [-0.25, -0.2) is 0 Å². The lowest BCUT2D eigenvalue weighted by molar-refractivity contribution is -0.134. The molecule has 1 aliphatic heterocycles. The molecule has 1 N–H and O–H groups in total. The molecule has 3 rings (SSSR count). The zero-order valence-corrected chi connectivity index (χ0v) is 16.3. The number of hydrogen-bond acceptors (Lipinski definition) is 5. The van der Waals surface area contributed by atoms with Gasteiger partial charge in [-0.2, -0.15) is 0 Å². The highest BCUT2D eigenvalue weighted by atomic mass is 32.2. The number of ether oxygens (including phenoxy) is 2. The Morgan fingerprint density at radius 2 is 1.89 bits per heavy atom. The third-order valence-corrected chi connectivity index (χ3v) is 5.41. The Morgan fingerprint density at radius 1 is 1.15 bits per heavy atom. The normalized spacial score (nSPS) is 13.9. The SMILES string of the molecule is CC(CO)N(Cc1ccccc1)C(=O)CCSc1ccc2c(c1)OCCO2. The van der Waals surface area contributed by atoms with Gasteiger partial charge in [0.15, 0.2) is 11.5 Å². The molecule has 1 amide bonds. The largest absolute Gasteiger partial charge is 0.486 e.